The summed E-state index contributed by atoms with van der Waals surface area (Å²) in [6.45, 7) is 2.26. The highest BCUT2D eigenvalue weighted by atomic mass is 16.6. The second-order valence-electron chi connectivity index (χ2n) is 4.23. The predicted octanol–water partition coefficient (Wildman–Crippen LogP) is 1.40. The summed E-state index contributed by atoms with van der Waals surface area (Å²) in [5, 5.41) is 18.1. The van der Waals surface area contributed by atoms with Gasteiger partial charge >= 0.3 is 5.69 Å². The van der Waals surface area contributed by atoms with E-state index in [0.29, 0.717) is 18.1 Å². The fourth-order valence-electron chi connectivity index (χ4n) is 1.96. The molecular weight excluding hydrogens is 248 g/mol. The Hall–Kier alpha value is -2.38. The molecule has 2 aromatic rings. The number of hydrogen-bond donors (Lipinski definition) is 2. The van der Waals surface area contributed by atoms with E-state index in [-0.39, 0.29) is 5.69 Å². The molecule has 0 amide bonds. The summed E-state index contributed by atoms with van der Waals surface area (Å²) in [6, 6.07) is 0. The number of rotatable bonds is 6. The minimum atomic E-state index is -0.406. The summed E-state index contributed by atoms with van der Waals surface area (Å²) >= 11 is 0. The summed E-state index contributed by atoms with van der Waals surface area (Å²) in [5.41, 5.74) is 0.460. The molecule has 0 aliphatic rings. The maximum Gasteiger partial charge on any atom is 0.333 e. The van der Waals surface area contributed by atoms with Crippen molar-refractivity contribution in [2.45, 2.75) is 19.8 Å². The zero-order chi connectivity index (χ0) is 13.8. The third kappa shape index (κ3) is 2.90. The first-order valence-electron chi connectivity index (χ1n) is 5.99. The number of hydrogen-bond acceptors (Lipinski definition) is 5. The van der Waals surface area contributed by atoms with Gasteiger partial charge in [-0.05, 0) is 13.3 Å². The summed E-state index contributed by atoms with van der Waals surface area (Å²) in [4.78, 5) is 17.7. The van der Waals surface area contributed by atoms with E-state index in [1.165, 1.54) is 4.68 Å². The van der Waals surface area contributed by atoms with Crippen molar-refractivity contribution in [1.82, 2.24) is 19.7 Å². The van der Waals surface area contributed by atoms with Gasteiger partial charge in [-0.3, -0.25) is 10.1 Å². The van der Waals surface area contributed by atoms with Crippen molar-refractivity contribution in [3.8, 4) is 0 Å². The van der Waals surface area contributed by atoms with E-state index in [2.05, 4.69) is 20.4 Å². The minimum absolute atomic E-state index is 0.0421. The van der Waals surface area contributed by atoms with Gasteiger partial charge in [0.05, 0.1) is 4.92 Å². The Morgan fingerprint density at radius 3 is 3.00 bits per heavy atom. The summed E-state index contributed by atoms with van der Waals surface area (Å²) in [7, 11) is 1.69. The van der Waals surface area contributed by atoms with Crippen LogP contribution in [0.15, 0.2) is 12.4 Å². The Balaban J connectivity index is 1.94. The van der Waals surface area contributed by atoms with Crippen LogP contribution in [0.25, 0.3) is 0 Å². The largest absolute Gasteiger partial charge is 0.365 e. The van der Waals surface area contributed by atoms with Gasteiger partial charge in [0.2, 0.25) is 5.82 Å². The van der Waals surface area contributed by atoms with Gasteiger partial charge in [0, 0.05) is 32.4 Å². The molecule has 0 saturated heterocycles. The van der Waals surface area contributed by atoms with Gasteiger partial charge in [-0.1, -0.05) is 0 Å². The molecule has 2 N–H and O–H groups in total. The summed E-state index contributed by atoms with van der Waals surface area (Å²) in [5.74, 6) is 1.36. The van der Waals surface area contributed by atoms with Crippen LogP contribution < -0.4 is 5.32 Å². The minimum Gasteiger partial charge on any atom is -0.365 e. The number of anilines is 1. The van der Waals surface area contributed by atoms with Crippen LogP contribution in [0.4, 0.5) is 11.5 Å². The van der Waals surface area contributed by atoms with Crippen molar-refractivity contribution in [1.29, 1.82) is 0 Å². The van der Waals surface area contributed by atoms with E-state index in [9.17, 15) is 10.1 Å². The molecule has 0 bridgehead atoms. The SMILES string of the molecule is Cc1nn(C)c(NCCCc2ncc[nH]2)c1[N+](=O)[O-]. The maximum absolute atomic E-state index is 11.0. The Labute approximate surface area is 110 Å². The normalized spacial score (nSPS) is 10.6. The number of aromatic nitrogens is 4. The number of aryl methyl sites for hydroxylation is 3. The van der Waals surface area contributed by atoms with Crippen molar-refractivity contribution in [3.63, 3.8) is 0 Å². The van der Waals surface area contributed by atoms with E-state index in [1.54, 1.807) is 26.4 Å². The van der Waals surface area contributed by atoms with Crippen LogP contribution >= 0.6 is 0 Å². The summed E-state index contributed by atoms with van der Waals surface area (Å²) < 4.78 is 1.50. The molecule has 2 heterocycles. The average Bonchev–Trinajstić information content (AvgIpc) is 2.93. The van der Waals surface area contributed by atoms with Gasteiger partial charge in [0.25, 0.3) is 0 Å². The molecule has 0 aromatic carbocycles. The van der Waals surface area contributed by atoms with Crippen LogP contribution in [0.5, 0.6) is 0 Å². The first-order chi connectivity index (χ1) is 9.09. The highest BCUT2D eigenvalue weighted by Gasteiger charge is 2.23. The third-order valence-corrected chi connectivity index (χ3v) is 2.81. The lowest BCUT2D eigenvalue weighted by atomic mass is 10.3. The average molecular weight is 264 g/mol. The zero-order valence-corrected chi connectivity index (χ0v) is 10.9. The van der Waals surface area contributed by atoms with Crippen molar-refractivity contribution < 1.29 is 4.92 Å². The zero-order valence-electron chi connectivity index (χ0n) is 10.9. The maximum atomic E-state index is 11.0. The molecule has 102 valence electrons. The number of imidazole rings is 1. The molecule has 0 atom stereocenters. The molecule has 0 aliphatic heterocycles. The molecule has 0 unspecified atom stereocenters. The number of nitrogens with zero attached hydrogens (tertiary/aromatic N) is 4. The van der Waals surface area contributed by atoms with Crippen molar-refractivity contribution >= 4 is 11.5 Å². The first-order valence-corrected chi connectivity index (χ1v) is 5.99. The quantitative estimate of drug-likeness (QED) is 0.466. The second kappa shape index (κ2) is 5.51. The van der Waals surface area contributed by atoms with E-state index in [1.807, 2.05) is 0 Å². The van der Waals surface area contributed by atoms with Crippen LogP contribution in [0.1, 0.15) is 17.9 Å². The first kappa shape index (κ1) is 13.1. The lowest BCUT2D eigenvalue weighted by Crippen LogP contribution is -2.09. The molecule has 8 heteroatoms. The molecule has 19 heavy (non-hydrogen) atoms. The molecule has 0 radical (unpaired) electrons. The molecule has 2 rings (SSSR count). The van der Waals surface area contributed by atoms with Crippen molar-refractivity contribution in [2.75, 3.05) is 11.9 Å². The third-order valence-electron chi connectivity index (χ3n) is 2.81. The lowest BCUT2D eigenvalue weighted by Gasteiger charge is -2.05. The Morgan fingerprint density at radius 2 is 2.37 bits per heavy atom. The van der Waals surface area contributed by atoms with Crippen LogP contribution in [0.3, 0.4) is 0 Å². The highest BCUT2D eigenvalue weighted by molar-refractivity contribution is 5.59. The van der Waals surface area contributed by atoms with E-state index in [0.717, 1.165) is 18.7 Å². The molecule has 0 aliphatic carbocycles. The van der Waals surface area contributed by atoms with E-state index < -0.39 is 4.92 Å². The van der Waals surface area contributed by atoms with Crippen molar-refractivity contribution in [3.05, 3.63) is 34.0 Å². The molecular formula is C11H16N6O2. The van der Waals surface area contributed by atoms with Crippen LogP contribution in [-0.2, 0) is 13.5 Å². The fraction of sp³-hybridized carbons (Fsp3) is 0.455. The standard InChI is InChI=1S/C11H16N6O2/c1-8-10(17(18)19)11(16(2)15-8)14-5-3-4-9-12-6-7-13-9/h6-7,14H,3-5H2,1-2H3,(H,12,13). The molecule has 8 nitrogen and oxygen atoms in total. The number of aromatic amines is 1. The number of H-pyrrole nitrogens is 1. The highest BCUT2D eigenvalue weighted by Crippen LogP contribution is 2.26. The second-order valence-corrected chi connectivity index (χ2v) is 4.23. The number of nitro groups is 1. The van der Waals surface area contributed by atoms with E-state index >= 15 is 0 Å². The van der Waals surface area contributed by atoms with Gasteiger partial charge in [0.15, 0.2) is 0 Å². The van der Waals surface area contributed by atoms with Gasteiger partial charge < -0.3 is 10.3 Å². The lowest BCUT2D eigenvalue weighted by molar-refractivity contribution is -0.384. The fourth-order valence-corrected chi connectivity index (χ4v) is 1.96. The van der Waals surface area contributed by atoms with E-state index in [4.69, 9.17) is 0 Å². The van der Waals surface area contributed by atoms with Crippen LogP contribution in [-0.4, -0.2) is 31.2 Å². The predicted molar refractivity (Wildman–Crippen MR) is 70.0 cm³/mol. The topological polar surface area (TPSA) is 102 Å². The Kier molecular flexibility index (Phi) is 3.79. The van der Waals surface area contributed by atoms with Crippen LogP contribution in [0, 0.1) is 17.0 Å². The molecule has 2 aromatic heterocycles. The van der Waals surface area contributed by atoms with Crippen molar-refractivity contribution in [2.24, 2.45) is 7.05 Å². The molecule has 0 spiro atoms. The van der Waals surface area contributed by atoms with Crippen LogP contribution in [0.2, 0.25) is 0 Å². The Bertz CT molecular complexity index is 560. The smallest absolute Gasteiger partial charge is 0.333 e. The molecule has 0 fully saturated rings. The van der Waals surface area contributed by atoms with Gasteiger partial charge in [0.1, 0.15) is 11.5 Å². The number of nitrogens with one attached hydrogen (secondary N) is 2. The summed E-state index contributed by atoms with van der Waals surface area (Å²) in [6.07, 6.45) is 5.11. The van der Waals surface area contributed by atoms with Gasteiger partial charge in [-0.15, -0.1) is 0 Å². The Morgan fingerprint density at radius 1 is 1.58 bits per heavy atom. The molecule has 0 saturated carbocycles. The monoisotopic (exact) mass is 264 g/mol. The van der Waals surface area contributed by atoms with Gasteiger partial charge in [-0.2, -0.15) is 5.10 Å². The van der Waals surface area contributed by atoms with Gasteiger partial charge in [-0.25, -0.2) is 9.67 Å².